The zero-order valence-electron chi connectivity index (χ0n) is 16.6. The average Bonchev–Trinajstić information content (AvgIpc) is 2.72. The van der Waals surface area contributed by atoms with E-state index in [9.17, 15) is 22.4 Å². The van der Waals surface area contributed by atoms with Gasteiger partial charge >= 0.3 is 5.97 Å². The fourth-order valence-corrected chi connectivity index (χ4v) is 4.63. The first kappa shape index (κ1) is 23.8. The summed E-state index contributed by atoms with van der Waals surface area (Å²) in [4.78, 5) is 24.3. The van der Waals surface area contributed by atoms with Gasteiger partial charge in [-0.25, -0.2) is 17.6 Å². The Morgan fingerprint density at radius 1 is 1.07 bits per heavy atom. The summed E-state index contributed by atoms with van der Waals surface area (Å²) >= 11 is 6.03. The maximum Gasteiger partial charge on any atom is 0.338 e. The van der Waals surface area contributed by atoms with Crippen molar-refractivity contribution in [2.75, 3.05) is 26.8 Å². The minimum absolute atomic E-state index is 0.00186. The minimum Gasteiger partial charge on any atom is -0.494 e. The molecule has 0 spiro atoms. The number of rotatable bonds is 9. The van der Waals surface area contributed by atoms with Gasteiger partial charge in [-0.3, -0.25) is 4.79 Å². The molecule has 2 aromatic rings. The third-order valence-electron chi connectivity index (χ3n) is 4.30. The Balaban J connectivity index is 2.18. The van der Waals surface area contributed by atoms with Crippen LogP contribution in [-0.4, -0.2) is 51.3 Å². The Hall–Kier alpha value is -2.49. The van der Waals surface area contributed by atoms with Crippen LogP contribution in [0.1, 0.15) is 34.6 Å². The molecule has 0 radical (unpaired) electrons. The van der Waals surface area contributed by atoms with Crippen molar-refractivity contribution in [3.8, 4) is 5.75 Å². The minimum atomic E-state index is -3.90. The Labute approximate surface area is 179 Å². The number of sulfonamides is 1. The number of methoxy groups -OCH3 is 1. The predicted octanol–water partition coefficient (Wildman–Crippen LogP) is 3.56. The molecule has 0 aliphatic heterocycles. The van der Waals surface area contributed by atoms with Crippen LogP contribution >= 0.6 is 11.6 Å². The van der Waals surface area contributed by atoms with Crippen LogP contribution in [0, 0.1) is 5.82 Å². The summed E-state index contributed by atoms with van der Waals surface area (Å²) in [5.74, 6) is -2.29. The van der Waals surface area contributed by atoms with Crippen LogP contribution in [-0.2, 0) is 14.8 Å². The molecule has 0 aliphatic rings. The number of ketones is 1. The molecule has 0 aliphatic carbocycles. The summed E-state index contributed by atoms with van der Waals surface area (Å²) in [6.45, 7) is 3.18. The molecule has 0 atom stereocenters. The van der Waals surface area contributed by atoms with Gasteiger partial charge in [-0.05, 0) is 36.4 Å². The highest BCUT2D eigenvalue weighted by Crippen LogP contribution is 2.26. The van der Waals surface area contributed by atoms with Gasteiger partial charge in [-0.1, -0.05) is 25.4 Å². The van der Waals surface area contributed by atoms with Crippen LogP contribution in [0.25, 0.3) is 0 Å². The number of nitrogens with zero attached hydrogens (tertiary/aromatic N) is 1. The lowest BCUT2D eigenvalue weighted by Crippen LogP contribution is -2.31. The van der Waals surface area contributed by atoms with Crippen molar-refractivity contribution in [2.24, 2.45) is 0 Å². The summed E-state index contributed by atoms with van der Waals surface area (Å²) in [6, 6.07) is 7.28. The van der Waals surface area contributed by atoms with E-state index in [2.05, 4.69) is 0 Å². The molecule has 2 aromatic carbocycles. The van der Waals surface area contributed by atoms with Gasteiger partial charge in [0.1, 0.15) is 4.90 Å². The predicted molar refractivity (Wildman–Crippen MR) is 109 cm³/mol. The summed E-state index contributed by atoms with van der Waals surface area (Å²) in [5.41, 5.74) is -0.0825. The molecule has 0 aromatic heterocycles. The van der Waals surface area contributed by atoms with E-state index in [0.717, 1.165) is 12.1 Å². The highest BCUT2D eigenvalue weighted by atomic mass is 35.5. The van der Waals surface area contributed by atoms with Crippen molar-refractivity contribution in [1.82, 2.24) is 4.31 Å². The summed E-state index contributed by atoms with van der Waals surface area (Å²) < 4.78 is 50.1. The van der Waals surface area contributed by atoms with Crippen molar-refractivity contribution in [3.63, 3.8) is 0 Å². The van der Waals surface area contributed by atoms with Gasteiger partial charge in [-0.2, -0.15) is 4.31 Å². The molecule has 0 saturated carbocycles. The zero-order valence-corrected chi connectivity index (χ0v) is 18.2. The van der Waals surface area contributed by atoms with Crippen molar-refractivity contribution < 1.29 is 31.9 Å². The molecule has 0 fully saturated rings. The molecule has 0 bridgehead atoms. The number of carbonyl (C=O) groups excluding carboxylic acids is 2. The topological polar surface area (TPSA) is 90.0 Å². The standard InChI is InChI=1S/C20H21ClFNO6S/c1-4-23(5-2)30(26,27)19-11-14(6-8-15(19)21)20(25)29-12-17(24)13-7-9-18(28-3)16(22)10-13/h6-11H,4-5,12H2,1-3H3. The highest BCUT2D eigenvalue weighted by Gasteiger charge is 2.26. The lowest BCUT2D eigenvalue weighted by atomic mass is 10.1. The van der Waals surface area contributed by atoms with Gasteiger partial charge in [0.05, 0.1) is 17.7 Å². The molecule has 30 heavy (non-hydrogen) atoms. The second kappa shape index (κ2) is 10.0. The first-order valence-corrected chi connectivity index (χ1v) is 10.8. The van der Waals surface area contributed by atoms with Crippen molar-refractivity contribution in [2.45, 2.75) is 18.7 Å². The second-order valence-electron chi connectivity index (χ2n) is 6.08. The SMILES string of the molecule is CCN(CC)S(=O)(=O)c1cc(C(=O)OCC(=O)c2ccc(OC)c(F)c2)ccc1Cl. The number of carbonyl (C=O) groups is 2. The fourth-order valence-electron chi connectivity index (χ4n) is 2.67. The summed E-state index contributed by atoms with van der Waals surface area (Å²) in [5, 5.41) is -0.0387. The molecule has 7 nitrogen and oxygen atoms in total. The molecular formula is C20H21ClFNO6S. The number of Topliss-reactive ketones (excluding diaryl/α,β-unsaturated/α-hetero) is 1. The van der Waals surface area contributed by atoms with Crippen molar-refractivity contribution in [1.29, 1.82) is 0 Å². The molecule has 0 amide bonds. The number of esters is 1. The van der Waals surface area contributed by atoms with Crippen LogP contribution in [0.5, 0.6) is 5.75 Å². The van der Waals surface area contributed by atoms with E-state index in [1.165, 1.54) is 35.7 Å². The Morgan fingerprint density at radius 3 is 2.27 bits per heavy atom. The van der Waals surface area contributed by atoms with Crippen LogP contribution in [0.2, 0.25) is 5.02 Å². The van der Waals surface area contributed by atoms with Gasteiger partial charge in [0.25, 0.3) is 0 Å². The molecular weight excluding hydrogens is 437 g/mol. The van der Waals surface area contributed by atoms with Crippen molar-refractivity contribution >= 4 is 33.4 Å². The van der Waals surface area contributed by atoms with E-state index in [1.54, 1.807) is 13.8 Å². The molecule has 0 N–H and O–H groups in total. The molecule has 162 valence electrons. The van der Waals surface area contributed by atoms with E-state index in [0.29, 0.717) is 0 Å². The molecule has 2 rings (SSSR count). The van der Waals surface area contributed by atoms with E-state index < -0.39 is 34.2 Å². The van der Waals surface area contributed by atoms with Gasteiger partial charge < -0.3 is 9.47 Å². The van der Waals surface area contributed by atoms with E-state index in [4.69, 9.17) is 21.1 Å². The lowest BCUT2D eigenvalue weighted by molar-refractivity contribution is 0.0474. The van der Waals surface area contributed by atoms with Gasteiger partial charge in [0, 0.05) is 18.7 Å². The summed E-state index contributed by atoms with van der Waals surface area (Å²) in [7, 11) is -2.61. The normalized spacial score (nSPS) is 11.4. The molecule has 0 saturated heterocycles. The van der Waals surface area contributed by atoms with E-state index >= 15 is 0 Å². The molecule has 0 heterocycles. The van der Waals surface area contributed by atoms with Gasteiger partial charge in [-0.15, -0.1) is 0 Å². The monoisotopic (exact) mass is 457 g/mol. The maximum absolute atomic E-state index is 13.7. The number of ether oxygens (including phenoxy) is 2. The second-order valence-corrected chi connectivity index (χ2v) is 8.40. The average molecular weight is 458 g/mol. The van der Waals surface area contributed by atoms with Gasteiger partial charge in [0.15, 0.2) is 24.0 Å². The number of halogens is 2. The first-order chi connectivity index (χ1) is 14.1. The zero-order chi connectivity index (χ0) is 22.5. The van der Waals surface area contributed by atoms with Crippen LogP contribution in [0.15, 0.2) is 41.3 Å². The van der Waals surface area contributed by atoms with Crippen molar-refractivity contribution in [3.05, 3.63) is 58.4 Å². The molecule has 10 heteroatoms. The number of hydrogen-bond donors (Lipinski definition) is 0. The maximum atomic E-state index is 13.7. The Morgan fingerprint density at radius 2 is 1.70 bits per heavy atom. The highest BCUT2D eigenvalue weighted by molar-refractivity contribution is 7.89. The first-order valence-electron chi connectivity index (χ1n) is 8.99. The van der Waals surface area contributed by atoms with E-state index in [-0.39, 0.29) is 39.9 Å². The van der Waals surface area contributed by atoms with Crippen LogP contribution in [0.4, 0.5) is 4.39 Å². The number of benzene rings is 2. The van der Waals surface area contributed by atoms with E-state index in [1.807, 2.05) is 0 Å². The third-order valence-corrected chi connectivity index (χ3v) is 6.83. The van der Waals surface area contributed by atoms with Crippen LogP contribution < -0.4 is 4.74 Å². The smallest absolute Gasteiger partial charge is 0.338 e. The summed E-state index contributed by atoms with van der Waals surface area (Å²) in [6.07, 6.45) is 0. The molecule has 0 unspecified atom stereocenters. The van der Waals surface area contributed by atoms with Crippen LogP contribution in [0.3, 0.4) is 0 Å². The lowest BCUT2D eigenvalue weighted by Gasteiger charge is -2.19. The Kier molecular flexibility index (Phi) is 7.94. The quantitative estimate of drug-likeness (QED) is 0.422. The largest absolute Gasteiger partial charge is 0.494 e. The number of hydrogen-bond acceptors (Lipinski definition) is 6. The fraction of sp³-hybridized carbons (Fsp3) is 0.300. The Bertz CT molecular complexity index is 1050. The third kappa shape index (κ3) is 5.16. The van der Waals surface area contributed by atoms with Gasteiger partial charge in [0.2, 0.25) is 10.0 Å².